The number of aromatic nitrogens is 1. The molecule has 3 aromatic rings. The number of halogens is 4. The second kappa shape index (κ2) is 17.3. The van der Waals surface area contributed by atoms with Crippen molar-refractivity contribution in [3.63, 3.8) is 0 Å². The number of nitrogens with one attached hydrogen (secondary N) is 3. The molecule has 2 unspecified atom stereocenters. The second-order valence-corrected chi connectivity index (χ2v) is 16.5. The molecule has 60 heavy (non-hydrogen) atoms. The third-order valence-corrected chi connectivity index (χ3v) is 11.4. The van der Waals surface area contributed by atoms with Gasteiger partial charge in [-0.2, -0.15) is 18.4 Å². The smallest absolute Gasteiger partial charge is 0.419 e. The Bertz CT molecular complexity index is 2220. The summed E-state index contributed by atoms with van der Waals surface area (Å²) in [5.74, 6) is -1.62. The fourth-order valence-electron chi connectivity index (χ4n) is 7.85. The van der Waals surface area contributed by atoms with Crippen LogP contribution < -0.4 is 30.5 Å². The van der Waals surface area contributed by atoms with Crippen LogP contribution in [0.1, 0.15) is 64.3 Å². The molecule has 1 aromatic heterocycles. The number of carbonyl (C=O) groups excluding carboxylic acids is 4. The van der Waals surface area contributed by atoms with E-state index in [0.717, 1.165) is 22.7 Å². The van der Waals surface area contributed by atoms with Gasteiger partial charge in [-0.1, -0.05) is 6.92 Å². The van der Waals surface area contributed by atoms with Crippen LogP contribution in [0.4, 0.5) is 40.3 Å². The number of hydrogen-bond acceptors (Lipinski definition) is 12. The standard InChI is InChI=1S/C41H47F4N9O5S/c1-6-24-15-28(54-38(60)53(37(58)40(54,4)5)29-19-30(41(43,44)45)32(20-46)47-21-29)7-9-33(24)59-14-13-51-11-12-52(39(2,3)23-51)22-35(56)49-27-17-25(42)16-26(18-27)48-31-8-10-34(55)50-36(31)57/h7,9,15-19,21,31,38,48,60H,6,8,10-14,22-23H2,1-5H3,(H,49,56)(H,50,55,57). The molecule has 2 aromatic carbocycles. The molecule has 3 saturated heterocycles. The molecule has 3 aliphatic heterocycles. The van der Waals surface area contributed by atoms with E-state index in [9.17, 15) is 42.0 Å². The summed E-state index contributed by atoms with van der Waals surface area (Å²) in [7, 11) is 0. The van der Waals surface area contributed by atoms with Crippen LogP contribution in [0.5, 0.6) is 5.75 Å². The van der Waals surface area contributed by atoms with Crippen LogP contribution in [0.15, 0.2) is 48.7 Å². The maximum Gasteiger partial charge on any atom is 0.419 e. The number of carbonyl (C=O) groups is 4. The van der Waals surface area contributed by atoms with Crippen molar-refractivity contribution < 1.29 is 41.5 Å². The quantitative estimate of drug-likeness (QED) is 0.108. The maximum atomic E-state index is 14.5. The van der Waals surface area contributed by atoms with Gasteiger partial charge in [0.1, 0.15) is 35.8 Å². The Hall–Kier alpha value is -5.45. The molecule has 3 aliphatic rings. The Balaban J connectivity index is 1.04. The van der Waals surface area contributed by atoms with E-state index in [1.807, 2.05) is 26.8 Å². The number of nitriles is 1. The van der Waals surface area contributed by atoms with E-state index < -0.39 is 57.7 Å². The highest BCUT2D eigenvalue weighted by molar-refractivity contribution is 7.81. The van der Waals surface area contributed by atoms with Gasteiger partial charge in [0.05, 0.1) is 24.0 Å². The number of amides is 4. The zero-order valence-corrected chi connectivity index (χ0v) is 34.7. The van der Waals surface area contributed by atoms with Gasteiger partial charge in [-0.3, -0.25) is 39.2 Å². The van der Waals surface area contributed by atoms with E-state index in [-0.39, 0.29) is 42.6 Å². The number of ether oxygens (including phenoxy) is 1. The highest BCUT2D eigenvalue weighted by atomic mass is 32.1. The van der Waals surface area contributed by atoms with E-state index in [4.69, 9.17) is 17.4 Å². The Labute approximate surface area is 350 Å². The summed E-state index contributed by atoms with van der Waals surface area (Å²) < 4.78 is 62.1. The molecule has 19 heteroatoms. The van der Waals surface area contributed by atoms with Gasteiger partial charge < -0.3 is 20.3 Å². The van der Waals surface area contributed by atoms with Crippen LogP contribution in [-0.4, -0.2) is 100 Å². The van der Waals surface area contributed by atoms with Crippen LogP contribution in [0, 0.1) is 17.1 Å². The molecular formula is C41H47F4N9O5S. The molecule has 3 N–H and O–H groups in total. The third kappa shape index (κ3) is 9.45. The molecule has 0 bridgehead atoms. The highest BCUT2D eigenvalue weighted by Gasteiger charge is 2.52. The first-order valence-electron chi connectivity index (χ1n) is 19.4. The first-order valence-corrected chi connectivity index (χ1v) is 20.0. The summed E-state index contributed by atoms with van der Waals surface area (Å²) in [6.07, 6.45) is -2.76. The minimum Gasteiger partial charge on any atom is -0.492 e. The number of piperidine rings is 1. The van der Waals surface area contributed by atoms with Gasteiger partial charge in [0.25, 0.3) is 5.91 Å². The molecule has 6 rings (SSSR count). The number of pyridine rings is 1. The molecule has 0 spiro atoms. The number of aryl methyl sites for hydroxylation is 1. The van der Waals surface area contributed by atoms with E-state index >= 15 is 0 Å². The molecule has 0 radical (unpaired) electrons. The van der Waals surface area contributed by atoms with Crippen molar-refractivity contribution in [2.45, 2.75) is 82.7 Å². The van der Waals surface area contributed by atoms with Crippen molar-refractivity contribution in [3.8, 4) is 11.8 Å². The van der Waals surface area contributed by atoms with Crippen LogP contribution in [0.2, 0.25) is 0 Å². The third-order valence-electron chi connectivity index (χ3n) is 11.0. The summed E-state index contributed by atoms with van der Waals surface area (Å²) in [5, 5.41) is 17.1. The lowest BCUT2D eigenvalue weighted by Gasteiger charge is -2.46. The Morgan fingerprint density at radius 2 is 1.80 bits per heavy atom. The van der Waals surface area contributed by atoms with Gasteiger partial charge in [-0.25, -0.2) is 9.37 Å². The summed E-state index contributed by atoms with van der Waals surface area (Å²) in [6.45, 7) is 12.3. The second-order valence-electron chi connectivity index (χ2n) is 16.1. The number of benzene rings is 2. The number of rotatable bonds is 12. The minimum atomic E-state index is -4.85. The van der Waals surface area contributed by atoms with Gasteiger partial charge >= 0.3 is 6.18 Å². The Morgan fingerprint density at radius 3 is 2.47 bits per heavy atom. The van der Waals surface area contributed by atoms with Gasteiger partial charge in [-0.15, -0.1) is 12.6 Å². The zero-order chi connectivity index (χ0) is 43.7. The molecule has 2 atom stereocenters. The summed E-state index contributed by atoms with van der Waals surface area (Å²) in [4.78, 5) is 61.4. The number of hydrogen-bond donors (Lipinski definition) is 4. The summed E-state index contributed by atoms with van der Waals surface area (Å²) in [6, 6.07) is 10.9. The highest BCUT2D eigenvalue weighted by Crippen LogP contribution is 2.43. The van der Waals surface area contributed by atoms with Gasteiger partial charge in [0, 0.05) is 55.2 Å². The van der Waals surface area contributed by atoms with E-state index in [0.29, 0.717) is 56.3 Å². The number of thiol groups is 1. The molecular weight excluding hydrogens is 807 g/mol. The molecule has 0 saturated carbocycles. The maximum absolute atomic E-state index is 14.5. The van der Waals surface area contributed by atoms with Gasteiger partial charge in [-0.05, 0) is 88.6 Å². The fourth-order valence-corrected chi connectivity index (χ4v) is 8.51. The van der Waals surface area contributed by atoms with Crippen molar-refractivity contribution >= 4 is 59.0 Å². The molecule has 0 aliphatic carbocycles. The van der Waals surface area contributed by atoms with E-state index in [2.05, 4.69) is 30.7 Å². The van der Waals surface area contributed by atoms with Crippen molar-refractivity contribution in [2.75, 3.05) is 59.8 Å². The van der Waals surface area contributed by atoms with E-state index in [1.165, 1.54) is 18.2 Å². The largest absolute Gasteiger partial charge is 0.492 e. The average molecular weight is 854 g/mol. The zero-order valence-electron chi connectivity index (χ0n) is 33.8. The first-order chi connectivity index (χ1) is 28.2. The van der Waals surface area contributed by atoms with Gasteiger partial charge in [0.15, 0.2) is 11.2 Å². The van der Waals surface area contributed by atoms with E-state index in [1.54, 1.807) is 36.9 Å². The Morgan fingerprint density at radius 1 is 1.07 bits per heavy atom. The summed E-state index contributed by atoms with van der Waals surface area (Å²) in [5.41, 5.74) is -2.76. The number of anilines is 4. The van der Waals surface area contributed by atoms with Gasteiger partial charge in [0.2, 0.25) is 17.7 Å². The molecule has 3 fully saturated rings. The first kappa shape index (κ1) is 44.1. The number of imide groups is 1. The van der Waals surface area contributed by atoms with Crippen LogP contribution >= 0.6 is 12.6 Å². The van der Waals surface area contributed by atoms with Crippen molar-refractivity contribution in [3.05, 3.63) is 71.3 Å². The normalized spacial score (nSPS) is 20.8. The lowest BCUT2D eigenvalue weighted by atomic mass is 9.98. The lowest BCUT2D eigenvalue weighted by molar-refractivity contribution is -0.138. The summed E-state index contributed by atoms with van der Waals surface area (Å²) >= 11 is 4.69. The number of nitrogens with zero attached hydrogens (tertiary/aromatic N) is 6. The fraction of sp³-hybridized carbons (Fsp3) is 0.463. The topological polar surface area (TPSA) is 163 Å². The minimum absolute atomic E-state index is 0.0687. The predicted molar refractivity (Wildman–Crippen MR) is 219 cm³/mol. The molecule has 4 heterocycles. The molecule has 320 valence electrons. The SMILES string of the molecule is CCc1cc(N2C(S)N(c3cnc(C#N)c(C(F)(F)F)c3)C(=O)C2(C)C)ccc1OCCN1CCN(CC(=O)Nc2cc(F)cc(NC3CCC(=O)NC3=O)c2)C(C)(C)C1. The number of alkyl halides is 3. The van der Waals surface area contributed by atoms with Crippen LogP contribution in [0.3, 0.4) is 0 Å². The van der Waals surface area contributed by atoms with Crippen LogP contribution in [-0.2, 0) is 31.8 Å². The average Bonchev–Trinajstić information content (AvgIpc) is 3.34. The van der Waals surface area contributed by atoms with Crippen LogP contribution in [0.25, 0.3) is 0 Å². The monoisotopic (exact) mass is 853 g/mol. The Kier molecular flexibility index (Phi) is 12.7. The van der Waals surface area contributed by atoms with Crippen molar-refractivity contribution in [1.29, 1.82) is 5.26 Å². The van der Waals surface area contributed by atoms with Crippen molar-refractivity contribution in [2.24, 2.45) is 0 Å². The molecule has 14 nitrogen and oxygen atoms in total. The lowest BCUT2D eigenvalue weighted by Crippen LogP contribution is -2.61. The predicted octanol–water partition coefficient (Wildman–Crippen LogP) is 5.15. The molecule has 4 amide bonds. The van der Waals surface area contributed by atoms with Crippen molar-refractivity contribution in [1.82, 2.24) is 20.1 Å². The number of piperazine rings is 1.